The largest absolute Gasteiger partial charge is 0.356 e. The summed E-state index contributed by atoms with van der Waals surface area (Å²) in [5.41, 5.74) is 0. The second kappa shape index (κ2) is 7.39. The summed E-state index contributed by atoms with van der Waals surface area (Å²) in [5, 5.41) is 6.99. The molecular weight excluding hydrogens is 256 g/mol. The third kappa shape index (κ3) is 4.56. The zero-order chi connectivity index (χ0) is 13.7. The Bertz CT molecular complexity index is 304. The predicted molar refractivity (Wildman–Crippen MR) is 85.1 cm³/mol. The van der Waals surface area contributed by atoms with Crippen LogP contribution in [0.15, 0.2) is 4.99 Å². The molecule has 4 nitrogen and oxygen atoms in total. The number of thioether (sulfide) groups is 1. The van der Waals surface area contributed by atoms with Crippen molar-refractivity contribution in [1.29, 1.82) is 0 Å². The number of rotatable bonds is 6. The van der Waals surface area contributed by atoms with Crippen molar-refractivity contribution in [3.8, 4) is 0 Å². The van der Waals surface area contributed by atoms with E-state index < -0.39 is 0 Å². The van der Waals surface area contributed by atoms with Crippen LogP contribution in [-0.4, -0.2) is 61.1 Å². The summed E-state index contributed by atoms with van der Waals surface area (Å²) in [7, 11) is 1.86. The quantitative estimate of drug-likeness (QED) is 0.441. The molecule has 2 unspecified atom stereocenters. The van der Waals surface area contributed by atoms with Crippen LogP contribution in [0.2, 0.25) is 0 Å². The summed E-state index contributed by atoms with van der Waals surface area (Å²) in [6.07, 6.45) is 7.38. The summed E-state index contributed by atoms with van der Waals surface area (Å²) >= 11 is 1.90. The molecule has 2 fully saturated rings. The highest BCUT2D eigenvalue weighted by atomic mass is 32.2. The first kappa shape index (κ1) is 15.0. The molecule has 0 radical (unpaired) electrons. The number of hydrogen-bond donors (Lipinski definition) is 2. The number of hydrogen-bond acceptors (Lipinski definition) is 3. The third-order valence-corrected chi connectivity index (χ3v) is 4.72. The molecule has 110 valence electrons. The zero-order valence-electron chi connectivity index (χ0n) is 12.5. The maximum Gasteiger partial charge on any atom is 0.191 e. The molecule has 19 heavy (non-hydrogen) atoms. The first-order valence-corrected chi connectivity index (χ1v) is 8.86. The summed E-state index contributed by atoms with van der Waals surface area (Å²) in [4.78, 5) is 6.99. The molecule has 0 aromatic rings. The average molecular weight is 284 g/mol. The Morgan fingerprint density at radius 2 is 2.21 bits per heavy atom. The van der Waals surface area contributed by atoms with Crippen LogP contribution >= 0.6 is 11.8 Å². The van der Waals surface area contributed by atoms with Gasteiger partial charge in [0.15, 0.2) is 5.96 Å². The van der Waals surface area contributed by atoms with Gasteiger partial charge in [-0.3, -0.25) is 9.89 Å². The van der Waals surface area contributed by atoms with E-state index in [9.17, 15) is 0 Å². The second-order valence-corrected chi connectivity index (χ2v) is 6.68. The lowest BCUT2D eigenvalue weighted by atomic mass is 10.2. The van der Waals surface area contributed by atoms with Gasteiger partial charge in [0.1, 0.15) is 0 Å². The molecular formula is C14H28N4S. The standard InChI is InChI=1S/C14H28N4S/c1-11-9-12(10-18(11)13-5-6-13)17-14(15-2)16-7-4-8-19-3/h11-13H,4-10H2,1-3H3,(H2,15,16,17). The Balaban J connectivity index is 1.70. The van der Waals surface area contributed by atoms with Crippen molar-refractivity contribution in [2.24, 2.45) is 4.99 Å². The number of nitrogens with one attached hydrogen (secondary N) is 2. The fraction of sp³-hybridized carbons (Fsp3) is 0.929. The fourth-order valence-electron chi connectivity index (χ4n) is 2.89. The minimum Gasteiger partial charge on any atom is -0.356 e. The molecule has 0 aromatic heterocycles. The van der Waals surface area contributed by atoms with Crippen LogP contribution < -0.4 is 10.6 Å². The highest BCUT2D eigenvalue weighted by Crippen LogP contribution is 2.33. The molecule has 1 heterocycles. The van der Waals surface area contributed by atoms with Crippen LogP contribution in [0.3, 0.4) is 0 Å². The van der Waals surface area contributed by atoms with Gasteiger partial charge in [0.05, 0.1) is 0 Å². The van der Waals surface area contributed by atoms with Crippen molar-refractivity contribution in [3.63, 3.8) is 0 Å². The van der Waals surface area contributed by atoms with Gasteiger partial charge < -0.3 is 10.6 Å². The zero-order valence-corrected chi connectivity index (χ0v) is 13.3. The predicted octanol–water partition coefficient (Wildman–Crippen LogP) is 1.53. The lowest BCUT2D eigenvalue weighted by molar-refractivity contribution is 0.256. The Morgan fingerprint density at radius 3 is 2.84 bits per heavy atom. The number of nitrogens with zero attached hydrogens (tertiary/aromatic N) is 2. The van der Waals surface area contributed by atoms with E-state index in [4.69, 9.17) is 0 Å². The number of likely N-dealkylation sites (tertiary alicyclic amines) is 1. The van der Waals surface area contributed by atoms with Crippen LogP contribution in [0.5, 0.6) is 0 Å². The maximum absolute atomic E-state index is 4.33. The Labute approximate surface area is 121 Å². The van der Waals surface area contributed by atoms with Crippen LogP contribution in [0.4, 0.5) is 0 Å². The first-order chi connectivity index (χ1) is 9.24. The SMILES string of the molecule is CN=C(NCCCSC)NC1CC(C)N(C2CC2)C1. The van der Waals surface area contributed by atoms with E-state index >= 15 is 0 Å². The molecule has 1 saturated heterocycles. The van der Waals surface area contributed by atoms with E-state index in [1.165, 1.54) is 38.0 Å². The molecule has 2 rings (SSSR count). The van der Waals surface area contributed by atoms with Crippen molar-refractivity contribution in [2.45, 2.75) is 50.7 Å². The minimum absolute atomic E-state index is 0.558. The summed E-state index contributed by atoms with van der Waals surface area (Å²) < 4.78 is 0. The Morgan fingerprint density at radius 1 is 1.42 bits per heavy atom. The van der Waals surface area contributed by atoms with Gasteiger partial charge in [-0.1, -0.05) is 0 Å². The van der Waals surface area contributed by atoms with Gasteiger partial charge in [0.2, 0.25) is 0 Å². The molecule has 0 amide bonds. The van der Waals surface area contributed by atoms with E-state index in [1.54, 1.807) is 0 Å². The molecule has 0 bridgehead atoms. The van der Waals surface area contributed by atoms with Gasteiger partial charge >= 0.3 is 0 Å². The Hall–Kier alpha value is -0.420. The highest BCUT2D eigenvalue weighted by Gasteiger charge is 2.38. The number of guanidine groups is 1. The lowest BCUT2D eigenvalue weighted by Crippen LogP contribution is -2.45. The van der Waals surface area contributed by atoms with Crippen LogP contribution in [0.25, 0.3) is 0 Å². The third-order valence-electron chi connectivity index (χ3n) is 4.02. The van der Waals surface area contributed by atoms with E-state index in [2.05, 4.69) is 33.7 Å². The first-order valence-electron chi connectivity index (χ1n) is 7.46. The molecule has 1 aliphatic carbocycles. The van der Waals surface area contributed by atoms with Crippen LogP contribution in [0, 0.1) is 0 Å². The highest BCUT2D eigenvalue weighted by molar-refractivity contribution is 7.98. The van der Waals surface area contributed by atoms with E-state index in [0.29, 0.717) is 6.04 Å². The van der Waals surface area contributed by atoms with Gasteiger partial charge in [-0.25, -0.2) is 0 Å². The van der Waals surface area contributed by atoms with Crippen molar-refractivity contribution in [1.82, 2.24) is 15.5 Å². The van der Waals surface area contributed by atoms with Crippen molar-refractivity contribution in [2.75, 3.05) is 32.1 Å². The van der Waals surface area contributed by atoms with Crippen LogP contribution in [0.1, 0.15) is 32.6 Å². The normalized spacial score (nSPS) is 28.7. The molecule has 0 spiro atoms. The fourth-order valence-corrected chi connectivity index (χ4v) is 3.32. The molecule has 2 aliphatic rings. The average Bonchev–Trinajstić information content (AvgIpc) is 3.18. The molecule has 2 N–H and O–H groups in total. The van der Waals surface area contributed by atoms with Crippen molar-refractivity contribution < 1.29 is 0 Å². The summed E-state index contributed by atoms with van der Waals surface area (Å²) in [5.74, 6) is 2.18. The second-order valence-electron chi connectivity index (χ2n) is 5.70. The smallest absolute Gasteiger partial charge is 0.191 e. The lowest BCUT2D eigenvalue weighted by Gasteiger charge is -2.20. The van der Waals surface area contributed by atoms with Gasteiger partial charge in [-0.05, 0) is 44.6 Å². The van der Waals surface area contributed by atoms with E-state index in [-0.39, 0.29) is 0 Å². The molecule has 5 heteroatoms. The minimum atomic E-state index is 0.558. The summed E-state index contributed by atoms with van der Waals surface area (Å²) in [6, 6.07) is 2.15. The molecule has 2 atom stereocenters. The van der Waals surface area contributed by atoms with Gasteiger partial charge in [0, 0.05) is 38.3 Å². The molecule has 0 aromatic carbocycles. The van der Waals surface area contributed by atoms with Gasteiger partial charge in [-0.2, -0.15) is 11.8 Å². The summed E-state index contributed by atoms with van der Waals surface area (Å²) in [6.45, 7) is 4.54. The van der Waals surface area contributed by atoms with E-state index in [1.807, 2.05) is 18.8 Å². The monoisotopic (exact) mass is 284 g/mol. The number of aliphatic imine (C=N–C) groups is 1. The maximum atomic E-state index is 4.33. The van der Waals surface area contributed by atoms with E-state index in [0.717, 1.165) is 24.6 Å². The van der Waals surface area contributed by atoms with Gasteiger partial charge in [-0.15, -0.1) is 0 Å². The van der Waals surface area contributed by atoms with Gasteiger partial charge in [0.25, 0.3) is 0 Å². The van der Waals surface area contributed by atoms with Crippen LogP contribution in [-0.2, 0) is 0 Å². The molecule has 1 saturated carbocycles. The van der Waals surface area contributed by atoms with Crippen molar-refractivity contribution in [3.05, 3.63) is 0 Å². The van der Waals surface area contributed by atoms with Crippen molar-refractivity contribution >= 4 is 17.7 Å². The topological polar surface area (TPSA) is 39.7 Å². The molecule has 1 aliphatic heterocycles. The Kier molecular flexibility index (Phi) is 5.82.